The van der Waals surface area contributed by atoms with Crippen molar-refractivity contribution in [1.82, 2.24) is 13.8 Å². The number of hydrogen-bond donors (Lipinski definition) is 2. The first kappa shape index (κ1) is 33.6. The summed E-state index contributed by atoms with van der Waals surface area (Å²) in [6.45, 7) is 2.90. The maximum absolute atomic E-state index is 13.8. The van der Waals surface area contributed by atoms with Gasteiger partial charge in [0.25, 0.3) is 0 Å². The number of benzene rings is 2. The van der Waals surface area contributed by atoms with Gasteiger partial charge in [-0.3, -0.25) is 0 Å². The Hall–Kier alpha value is -2.78. The van der Waals surface area contributed by atoms with E-state index in [0.717, 1.165) is 77.2 Å². The number of sulfonamides is 2. The minimum absolute atomic E-state index is 0.0866. The van der Waals surface area contributed by atoms with Crippen LogP contribution in [0.25, 0.3) is 0 Å². The molecule has 2 saturated heterocycles. The molecule has 11 nitrogen and oxygen atoms in total. The lowest BCUT2D eigenvalue weighted by Crippen LogP contribution is -2.34. The standard InChI is InChI=1S/C31H44BN5O6S2/c32-33-16-11-21-43-35-31-26-14-12-24(44(39,40)36-17-7-3-1-4-8-18-36)22-28(26)30(34-38)29-23-25(13-15-27(29)31)45(41,42)37-19-9-5-2-6-10-20-37/h12-15,22-23,33,38H,1-11,16-21,32H2. The highest BCUT2D eigenvalue weighted by atomic mass is 32.2. The molecule has 45 heavy (non-hydrogen) atoms. The van der Waals surface area contributed by atoms with E-state index in [0.29, 0.717) is 60.8 Å². The first-order chi connectivity index (χ1) is 21.8. The average Bonchev–Trinajstić information content (AvgIpc) is 2.99. The van der Waals surface area contributed by atoms with Gasteiger partial charge < -0.3 is 15.3 Å². The minimum Gasteiger partial charge on any atom is -0.410 e. The lowest BCUT2D eigenvalue weighted by atomic mass is 9.83. The van der Waals surface area contributed by atoms with E-state index in [1.807, 2.05) is 7.98 Å². The van der Waals surface area contributed by atoms with Crippen LogP contribution in [0.4, 0.5) is 0 Å². The van der Waals surface area contributed by atoms with Gasteiger partial charge in [-0.05, 0) is 62.9 Å². The van der Waals surface area contributed by atoms with Gasteiger partial charge in [0.1, 0.15) is 18.0 Å². The van der Waals surface area contributed by atoms with Crippen LogP contribution in [0.1, 0.15) is 92.9 Å². The van der Waals surface area contributed by atoms with Crippen molar-refractivity contribution >= 4 is 39.5 Å². The van der Waals surface area contributed by atoms with Crippen LogP contribution in [0.15, 0.2) is 56.5 Å². The van der Waals surface area contributed by atoms with Gasteiger partial charge in [-0.2, -0.15) is 8.61 Å². The highest BCUT2D eigenvalue weighted by molar-refractivity contribution is 7.89. The summed E-state index contributed by atoms with van der Waals surface area (Å²) < 4.78 is 58.4. The molecule has 0 spiro atoms. The topological polar surface area (TPSA) is 141 Å². The lowest BCUT2D eigenvalue weighted by Gasteiger charge is -2.27. The zero-order valence-electron chi connectivity index (χ0n) is 26.1. The highest BCUT2D eigenvalue weighted by Crippen LogP contribution is 2.34. The molecule has 0 amide bonds. The molecule has 14 heteroatoms. The van der Waals surface area contributed by atoms with Crippen molar-refractivity contribution in [3.05, 3.63) is 58.7 Å². The van der Waals surface area contributed by atoms with Gasteiger partial charge >= 0.3 is 0 Å². The Morgan fingerprint density at radius 2 is 1.13 bits per heavy atom. The summed E-state index contributed by atoms with van der Waals surface area (Å²) in [4.78, 5) is 5.86. The first-order valence-electron chi connectivity index (χ1n) is 16.2. The average molecular weight is 658 g/mol. The molecule has 244 valence electrons. The summed E-state index contributed by atoms with van der Waals surface area (Å²) in [7, 11) is -5.80. The number of nitrogens with zero attached hydrogens (tertiary/aromatic N) is 4. The van der Waals surface area contributed by atoms with Crippen molar-refractivity contribution in [1.29, 1.82) is 0 Å². The summed E-state index contributed by atoms with van der Waals surface area (Å²) in [5, 5.41) is 21.5. The highest BCUT2D eigenvalue weighted by Gasteiger charge is 2.34. The van der Waals surface area contributed by atoms with Crippen LogP contribution in [0.5, 0.6) is 0 Å². The Kier molecular flexibility index (Phi) is 11.4. The largest absolute Gasteiger partial charge is 0.410 e. The Balaban J connectivity index is 1.58. The van der Waals surface area contributed by atoms with Crippen molar-refractivity contribution in [2.45, 2.75) is 80.4 Å². The molecule has 2 aliphatic heterocycles. The predicted octanol–water partition coefficient (Wildman–Crippen LogP) is 3.43. The minimum atomic E-state index is -3.83. The van der Waals surface area contributed by atoms with Crippen LogP contribution >= 0.6 is 0 Å². The molecular formula is C31H44BN5O6S2. The summed E-state index contributed by atoms with van der Waals surface area (Å²) in [6, 6.07) is 9.48. The number of fused-ring (bicyclic) bond motifs is 2. The van der Waals surface area contributed by atoms with Gasteiger partial charge in [0, 0.05) is 48.4 Å². The van der Waals surface area contributed by atoms with E-state index >= 15 is 0 Å². The molecular weight excluding hydrogens is 613 g/mol. The van der Waals surface area contributed by atoms with Gasteiger partial charge in [0.15, 0.2) is 7.98 Å². The molecule has 2 aromatic carbocycles. The molecule has 2 heterocycles. The van der Waals surface area contributed by atoms with Crippen LogP contribution in [0.2, 0.25) is 0 Å². The molecule has 3 aliphatic rings. The normalized spacial score (nSPS) is 18.9. The van der Waals surface area contributed by atoms with Crippen molar-refractivity contribution in [2.24, 2.45) is 10.3 Å². The molecule has 1 aliphatic carbocycles. The molecule has 5 rings (SSSR count). The monoisotopic (exact) mass is 657 g/mol. The number of hydrogen-bond acceptors (Lipinski definition) is 9. The van der Waals surface area contributed by atoms with E-state index in [1.165, 1.54) is 20.7 Å². The molecule has 2 aromatic rings. The fourth-order valence-electron chi connectivity index (χ4n) is 6.31. The molecule has 0 bridgehead atoms. The van der Waals surface area contributed by atoms with Crippen LogP contribution in [0, 0.1) is 0 Å². The fourth-order valence-corrected chi connectivity index (χ4v) is 9.40. The fraction of sp³-hybridized carbons (Fsp3) is 0.548. The van der Waals surface area contributed by atoms with E-state index in [-0.39, 0.29) is 15.5 Å². The van der Waals surface area contributed by atoms with Gasteiger partial charge in [0.2, 0.25) is 20.0 Å². The van der Waals surface area contributed by atoms with Crippen molar-refractivity contribution in [2.75, 3.05) is 39.3 Å². The van der Waals surface area contributed by atoms with Crippen LogP contribution < -0.4 is 5.23 Å². The molecule has 0 unspecified atom stereocenters. The number of nitrogens with one attached hydrogen (secondary N) is 1. The smallest absolute Gasteiger partial charge is 0.243 e. The molecule has 0 aromatic heterocycles. The van der Waals surface area contributed by atoms with E-state index in [4.69, 9.17) is 4.84 Å². The lowest BCUT2D eigenvalue weighted by molar-refractivity contribution is 0.143. The van der Waals surface area contributed by atoms with Gasteiger partial charge in [0.05, 0.1) is 9.79 Å². The molecule has 0 saturated carbocycles. The maximum atomic E-state index is 13.8. The van der Waals surface area contributed by atoms with Crippen molar-refractivity contribution < 1.29 is 26.9 Å². The van der Waals surface area contributed by atoms with Gasteiger partial charge in [-0.15, -0.1) is 0 Å². The Morgan fingerprint density at radius 3 is 1.56 bits per heavy atom. The van der Waals surface area contributed by atoms with Gasteiger partial charge in [-0.25, -0.2) is 16.8 Å². The molecule has 0 atom stereocenters. The first-order valence-corrected chi connectivity index (χ1v) is 19.0. The van der Waals surface area contributed by atoms with E-state index in [1.54, 1.807) is 24.3 Å². The number of oxime groups is 2. The van der Waals surface area contributed by atoms with Crippen molar-refractivity contribution in [3.8, 4) is 0 Å². The second kappa shape index (κ2) is 15.2. The second-order valence-corrected chi connectivity index (χ2v) is 15.8. The van der Waals surface area contributed by atoms with Crippen molar-refractivity contribution in [3.63, 3.8) is 0 Å². The summed E-state index contributed by atoms with van der Waals surface area (Å²) in [5.74, 6) is 0. The van der Waals surface area contributed by atoms with Crippen LogP contribution in [-0.4, -0.2) is 89.4 Å². The third-order valence-electron chi connectivity index (χ3n) is 8.83. The molecule has 2 N–H and O–H groups in total. The Labute approximate surface area is 268 Å². The van der Waals surface area contributed by atoms with E-state index < -0.39 is 20.0 Å². The van der Waals surface area contributed by atoms with Crippen LogP contribution in [-0.2, 0) is 24.9 Å². The van der Waals surface area contributed by atoms with E-state index in [9.17, 15) is 22.0 Å². The zero-order valence-corrected chi connectivity index (χ0v) is 27.7. The summed E-state index contributed by atoms with van der Waals surface area (Å²) in [6.07, 6.45) is 10.1. The second-order valence-electron chi connectivity index (χ2n) is 11.9. The van der Waals surface area contributed by atoms with E-state index in [2.05, 4.69) is 15.5 Å². The molecule has 2 fully saturated rings. The quantitative estimate of drug-likeness (QED) is 0.156. The third-order valence-corrected chi connectivity index (χ3v) is 12.6. The maximum Gasteiger partial charge on any atom is 0.243 e. The third kappa shape index (κ3) is 7.46. The molecule has 0 radical (unpaired) electrons. The summed E-state index contributed by atoms with van der Waals surface area (Å²) in [5.41, 5.74) is 2.27. The summed E-state index contributed by atoms with van der Waals surface area (Å²) >= 11 is 0. The SMILES string of the molecule is BNCCCON=C1c2ccc(S(=O)(=O)N3CCCCCCC3)cc2C(=NO)c2cc(S(=O)(=O)N3CCCCCCC3)ccc21. The predicted molar refractivity (Wildman–Crippen MR) is 177 cm³/mol. The van der Waals surface area contributed by atoms with Crippen LogP contribution in [0.3, 0.4) is 0 Å². The Bertz CT molecular complexity index is 1510. The number of rotatable bonds is 9. The van der Waals surface area contributed by atoms with Gasteiger partial charge in [-0.1, -0.05) is 61.0 Å². The Morgan fingerprint density at radius 1 is 0.689 bits per heavy atom. The zero-order chi connectivity index (χ0) is 31.9.